The van der Waals surface area contributed by atoms with Crippen molar-refractivity contribution in [2.24, 2.45) is 0 Å². The fourth-order valence-corrected chi connectivity index (χ4v) is 1.86. The Morgan fingerprint density at radius 2 is 1.50 bits per heavy atom. The van der Waals surface area contributed by atoms with Gasteiger partial charge < -0.3 is 0 Å². The monoisotopic (exact) mass is 302 g/mol. The summed E-state index contributed by atoms with van der Waals surface area (Å²) in [7, 11) is 0. The molecular weight excluding hydrogens is 296 g/mol. The van der Waals surface area contributed by atoms with Gasteiger partial charge in [-0.3, -0.25) is 4.79 Å². The van der Waals surface area contributed by atoms with Crippen LogP contribution in [-0.2, 0) is 6.18 Å². The van der Waals surface area contributed by atoms with Gasteiger partial charge in [-0.15, -0.1) is 0 Å². The van der Waals surface area contributed by atoms with Crippen molar-refractivity contribution in [3.05, 3.63) is 59.4 Å². The zero-order chi connectivity index (χ0) is 14.9. The van der Waals surface area contributed by atoms with E-state index in [1.165, 1.54) is 24.3 Å². The lowest BCUT2D eigenvalue weighted by Crippen LogP contribution is -2.04. The van der Waals surface area contributed by atoms with E-state index < -0.39 is 22.8 Å². The number of halogens is 5. The number of rotatable bonds is 2. The highest BCUT2D eigenvalue weighted by atomic mass is 35.5. The van der Waals surface area contributed by atoms with E-state index in [0.717, 1.165) is 18.2 Å². The smallest absolute Gasteiger partial charge is 0.275 e. The van der Waals surface area contributed by atoms with Gasteiger partial charge in [-0.2, -0.15) is 13.2 Å². The molecule has 0 N–H and O–H groups in total. The molecule has 0 aliphatic rings. The molecule has 0 saturated heterocycles. The van der Waals surface area contributed by atoms with Crippen molar-refractivity contribution in [2.45, 2.75) is 6.18 Å². The number of benzene rings is 2. The summed E-state index contributed by atoms with van der Waals surface area (Å²) in [5.74, 6) is -0.817. The van der Waals surface area contributed by atoms with Gasteiger partial charge in [-0.1, -0.05) is 18.2 Å². The maximum atomic E-state index is 13.6. The van der Waals surface area contributed by atoms with Crippen molar-refractivity contribution in [3.8, 4) is 11.1 Å². The van der Waals surface area contributed by atoms with Crippen LogP contribution in [-0.4, -0.2) is 5.24 Å². The van der Waals surface area contributed by atoms with Crippen LogP contribution in [0.5, 0.6) is 0 Å². The molecule has 0 saturated carbocycles. The first-order chi connectivity index (χ1) is 9.29. The molecule has 0 atom stereocenters. The van der Waals surface area contributed by atoms with E-state index in [4.69, 9.17) is 11.6 Å². The molecule has 20 heavy (non-hydrogen) atoms. The lowest BCUT2D eigenvalue weighted by atomic mass is 10.0. The van der Waals surface area contributed by atoms with E-state index in [0.29, 0.717) is 11.1 Å². The standard InChI is InChI=1S/C14H7ClF4O/c15-13(20)11-6-3-9(7-12(11)16)8-1-4-10(5-2-8)14(17,18)19/h1-7H. The van der Waals surface area contributed by atoms with Gasteiger partial charge in [0.15, 0.2) is 0 Å². The lowest BCUT2D eigenvalue weighted by Gasteiger charge is -2.08. The summed E-state index contributed by atoms with van der Waals surface area (Å²) in [5.41, 5.74) is -0.292. The van der Waals surface area contributed by atoms with Gasteiger partial charge in [0.05, 0.1) is 11.1 Å². The van der Waals surface area contributed by atoms with Crippen molar-refractivity contribution in [1.29, 1.82) is 0 Å². The summed E-state index contributed by atoms with van der Waals surface area (Å²) in [6.07, 6.45) is -4.42. The third kappa shape index (κ3) is 2.99. The van der Waals surface area contributed by atoms with Crippen LogP contribution in [0.25, 0.3) is 11.1 Å². The van der Waals surface area contributed by atoms with Crippen molar-refractivity contribution in [1.82, 2.24) is 0 Å². The molecule has 1 nitrogen and oxygen atoms in total. The Morgan fingerprint density at radius 3 is 1.95 bits per heavy atom. The lowest BCUT2D eigenvalue weighted by molar-refractivity contribution is -0.137. The predicted octanol–water partition coefficient (Wildman–Crippen LogP) is 4.89. The van der Waals surface area contributed by atoms with Gasteiger partial charge in [0.1, 0.15) is 5.82 Å². The van der Waals surface area contributed by atoms with Crippen molar-refractivity contribution in [2.75, 3.05) is 0 Å². The Hall–Kier alpha value is -1.88. The van der Waals surface area contributed by atoms with Crippen LogP contribution in [0.2, 0.25) is 0 Å². The molecule has 0 aliphatic carbocycles. The Balaban J connectivity index is 2.37. The predicted molar refractivity (Wildman–Crippen MR) is 67.0 cm³/mol. The van der Waals surface area contributed by atoms with Gasteiger partial charge in [-0.25, -0.2) is 4.39 Å². The molecule has 2 aromatic carbocycles. The van der Waals surface area contributed by atoms with Gasteiger partial charge >= 0.3 is 6.18 Å². The van der Waals surface area contributed by atoms with Gasteiger partial charge in [0, 0.05) is 0 Å². The van der Waals surface area contributed by atoms with Crippen LogP contribution in [0, 0.1) is 5.82 Å². The quantitative estimate of drug-likeness (QED) is 0.570. The van der Waals surface area contributed by atoms with Crippen molar-refractivity contribution < 1.29 is 22.4 Å². The second kappa shape index (κ2) is 5.25. The van der Waals surface area contributed by atoms with Crippen LogP contribution in [0.15, 0.2) is 42.5 Å². The third-order valence-electron chi connectivity index (χ3n) is 2.73. The van der Waals surface area contributed by atoms with Crippen molar-refractivity contribution >= 4 is 16.8 Å². The maximum Gasteiger partial charge on any atom is 0.416 e. The Labute approximate surface area is 116 Å². The highest BCUT2D eigenvalue weighted by Crippen LogP contribution is 2.31. The minimum atomic E-state index is -4.42. The zero-order valence-corrected chi connectivity index (χ0v) is 10.6. The first-order valence-electron chi connectivity index (χ1n) is 5.46. The molecule has 0 spiro atoms. The normalized spacial score (nSPS) is 11.4. The van der Waals surface area contributed by atoms with E-state index in [2.05, 4.69) is 0 Å². The summed E-state index contributed by atoms with van der Waals surface area (Å²) in [6, 6.07) is 7.96. The SMILES string of the molecule is O=C(Cl)c1ccc(-c2ccc(C(F)(F)F)cc2)cc1F. The van der Waals surface area contributed by atoms with Crippen LogP contribution in [0.3, 0.4) is 0 Å². The first kappa shape index (κ1) is 14.5. The van der Waals surface area contributed by atoms with Crippen molar-refractivity contribution in [3.63, 3.8) is 0 Å². The van der Waals surface area contributed by atoms with Crippen LogP contribution < -0.4 is 0 Å². The summed E-state index contributed by atoms with van der Waals surface area (Å²) in [4.78, 5) is 10.9. The third-order valence-corrected chi connectivity index (χ3v) is 2.93. The van der Waals surface area contributed by atoms with E-state index in [1.54, 1.807) is 0 Å². The van der Waals surface area contributed by atoms with E-state index in [-0.39, 0.29) is 5.56 Å². The van der Waals surface area contributed by atoms with Crippen LogP contribution in [0.4, 0.5) is 17.6 Å². The largest absolute Gasteiger partial charge is 0.416 e. The molecule has 2 rings (SSSR count). The molecule has 0 amide bonds. The van der Waals surface area contributed by atoms with E-state index in [1.807, 2.05) is 0 Å². The molecular formula is C14H7ClF4O. The molecule has 0 unspecified atom stereocenters. The molecule has 0 heterocycles. The first-order valence-corrected chi connectivity index (χ1v) is 5.84. The van der Waals surface area contributed by atoms with Gasteiger partial charge in [0.25, 0.3) is 5.24 Å². The average molecular weight is 303 g/mol. The van der Waals surface area contributed by atoms with Crippen LogP contribution in [0.1, 0.15) is 15.9 Å². The highest BCUT2D eigenvalue weighted by molar-refractivity contribution is 6.67. The molecule has 0 aromatic heterocycles. The number of hydrogen-bond acceptors (Lipinski definition) is 1. The number of carbonyl (C=O) groups excluding carboxylic acids is 1. The Kier molecular flexibility index (Phi) is 3.81. The average Bonchev–Trinajstić information content (AvgIpc) is 2.37. The molecule has 104 valence electrons. The Morgan fingerprint density at radius 1 is 0.950 bits per heavy atom. The molecule has 6 heteroatoms. The summed E-state index contributed by atoms with van der Waals surface area (Å²) >= 11 is 5.17. The maximum absolute atomic E-state index is 13.6. The molecule has 2 aromatic rings. The fraction of sp³-hybridized carbons (Fsp3) is 0.0714. The van der Waals surface area contributed by atoms with Crippen LogP contribution >= 0.6 is 11.6 Å². The summed E-state index contributed by atoms with van der Waals surface area (Å²) in [6.45, 7) is 0. The number of carbonyl (C=O) groups is 1. The number of alkyl halides is 3. The zero-order valence-electron chi connectivity index (χ0n) is 9.84. The Bertz CT molecular complexity index is 647. The molecule has 0 fully saturated rings. The topological polar surface area (TPSA) is 17.1 Å². The second-order valence-electron chi connectivity index (χ2n) is 4.04. The van der Waals surface area contributed by atoms with Gasteiger partial charge in [0.2, 0.25) is 0 Å². The van der Waals surface area contributed by atoms with E-state index in [9.17, 15) is 22.4 Å². The minimum Gasteiger partial charge on any atom is -0.275 e. The minimum absolute atomic E-state index is 0.276. The second-order valence-corrected chi connectivity index (χ2v) is 4.39. The van der Waals surface area contributed by atoms with E-state index >= 15 is 0 Å². The molecule has 0 bridgehead atoms. The summed E-state index contributed by atoms with van der Waals surface area (Å²) in [5, 5.41) is -0.929. The molecule has 0 radical (unpaired) electrons. The summed E-state index contributed by atoms with van der Waals surface area (Å²) < 4.78 is 50.8. The number of hydrogen-bond donors (Lipinski definition) is 0. The fourth-order valence-electron chi connectivity index (χ4n) is 1.71. The van der Waals surface area contributed by atoms with Gasteiger partial charge in [-0.05, 0) is 47.0 Å². The molecule has 0 aliphatic heterocycles. The highest BCUT2D eigenvalue weighted by Gasteiger charge is 2.29.